The fraction of sp³-hybridized carbons (Fsp3) is 0.600. The van der Waals surface area contributed by atoms with Gasteiger partial charge in [0.25, 0.3) is 0 Å². The Kier molecular flexibility index (Phi) is 4.30. The molecule has 0 spiro atoms. The van der Waals surface area contributed by atoms with E-state index in [0.29, 0.717) is 0 Å². The number of carbonyl (C=O) groups excluding carboxylic acids is 1. The zero-order valence-electron chi connectivity index (χ0n) is 9.43. The lowest BCUT2D eigenvalue weighted by molar-refractivity contribution is -0.141. The second-order valence-corrected chi connectivity index (χ2v) is 3.60. The fourth-order valence-electron chi connectivity index (χ4n) is 1.24. The highest BCUT2D eigenvalue weighted by Crippen LogP contribution is 2.00. The molecule has 15 heavy (non-hydrogen) atoms. The molecule has 0 amide bonds. The molecular weight excluding hydrogens is 194 g/mol. The Morgan fingerprint density at radius 1 is 1.60 bits per heavy atom. The van der Waals surface area contributed by atoms with Gasteiger partial charge in [0.2, 0.25) is 0 Å². The molecule has 0 aromatic carbocycles. The predicted octanol–water partition coefficient (Wildman–Crippen LogP) is 0.160. The molecule has 0 bridgehead atoms. The third-order valence-electron chi connectivity index (χ3n) is 2.11. The van der Waals surface area contributed by atoms with E-state index in [2.05, 4.69) is 14.6 Å². The molecule has 5 nitrogen and oxygen atoms in total. The maximum absolute atomic E-state index is 11.1. The molecule has 0 saturated carbocycles. The normalized spacial score (nSPS) is 10.7. The van der Waals surface area contributed by atoms with Crippen molar-refractivity contribution in [1.82, 2.24) is 14.5 Å². The molecule has 5 heteroatoms. The van der Waals surface area contributed by atoms with Crippen LogP contribution in [0.4, 0.5) is 0 Å². The fourth-order valence-corrected chi connectivity index (χ4v) is 1.24. The number of nitrogens with zero attached hydrogens (tertiary/aromatic N) is 3. The second-order valence-electron chi connectivity index (χ2n) is 3.60. The van der Waals surface area contributed by atoms with Gasteiger partial charge < -0.3 is 14.2 Å². The number of methoxy groups -OCH3 is 1. The Morgan fingerprint density at radius 2 is 2.33 bits per heavy atom. The van der Waals surface area contributed by atoms with Gasteiger partial charge in [-0.2, -0.15) is 0 Å². The van der Waals surface area contributed by atoms with Crippen LogP contribution in [-0.4, -0.2) is 48.2 Å². The van der Waals surface area contributed by atoms with Gasteiger partial charge in [-0.3, -0.25) is 4.79 Å². The highest BCUT2D eigenvalue weighted by Gasteiger charge is 2.07. The second kappa shape index (κ2) is 5.50. The third kappa shape index (κ3) is 3.71. The Balaban J connectivity index is 2.57. The summed E-state index contributed by atoms with van der Waals surface area (Å²) in [7, 11) is 5.40. The summed E-state index contributed by atoms with van der Waals surface area (Å²) in [4.78, 5) is 17.4. The van der Waals surface area contributed by atoms with E-state index in [1.54, 1.807) is 12.4 Å². The van der Waals surface area contributed by atoms with E-state index < -0.39 is 0 Å². The first-order chi connectivity index (χ1) is 7.13. The van der Waals surface area contributed by atoms with Crippen LogP contribution in [0.1, 0.15) is 5.82 Å². The van der Waals surface area contributed by atoms with Crippen molar-refractivity contribution in [3.63, 3.8) is 0 Å². The summed E-state index contributed by atoms with van der Waals surface area (Å²) < 4.78 is 6.42. The molecule has 0 unspecified atom stereocenters. The van der Waals surface area contributed by atoms with Gasteiger partial charge in [-0.1, -0.05) is 0 Å². The van der Waals surface area contributed by atoms with Gasteiger partial charge >= 0.3 is 5.97 Å². The number of rotatable bonds is 5. The molecular formula is C10H17N3O2. The van der Waals surface area contributed by atoms with Crippen molar-refractivity contribution in [1.29, 1.82) is 0 Å². The van der Waals surface area contributed by atoms with Crippen LogP contribution in [0, 0.1) is 0 Å². The van der Waals surface area contributed by atoms with Gasteiger partial charge in [0.15, 0.2) is 0 Å². The molecule has 1 heterocycles. The predicted molar refractivity (Wildman–Crippen MR) is 56.5 cm³/mol. The van der Waals surface area contributed by atoms with Crippen LogP contribution in [0.2, 0.25) is 0 Å². The summed E-state index contributed by atoms with van der Waals surface area (Å²) in [5.74, 6) is 0.660. The van der Waals surface area contributed by atoms with E-state index in [4.69, 9.17) is 0 Å². The maximum atomic E-state index is 11.1. The topological polar surface area (TPSA) is 47.4 Å². The average Bonchev–Trinajstić information content (AvgIpc) is 2.62. The van der Waals surface area contributed by atoms with Gasteiger partial charge in [-0.25, -0.2) is 4.98 Å². The van der Waals surface area contributed by atoms with E-state index in [9.17, 15) is 4.79 Å². The summed E-state index contributed by atoms with van der Waals surface area (Å²) in [6, 6.07) is 0. The van der Waals surface area contributed by atoms with Crippen LogP contribution in [0.5, 0.6) is 0 Å². The number of aromatic nitrogens is 2. The first-order valence-corrected chi connectivity index (χ1v) is 4.85. The number of hydrogen-bond donors (Lipinski definition) is 0. The number of carbonyl (C=O) groups is 1. The third-order valence-corrected chi connectivity index (χ3v) is 2.11. The Bertz CT molecular complexity index is 320. The van der Waals surface area contributed by atoms with Crippen molar-refractivity contribution in [2.75, 3.05) is 27.7 Å². The first-order valence-electron chi connectivity index (χ1n) is 4.85. The molecule has 0 aliphatic carbocycles. The number of ether oxygens (including phenoxy) is 1. The number of esters is 1. The zero-order valence-corrected chi connectivity index (χ0v) is 9.43. The van der Waals surface area contributed by atoms with Crippen LogP contribution in [0.3, 0.4) is 0 Å². The summed E-state index contributed by atoms with van der Waals surface area (Å²) in [5, 5.41) is 0. The molecule has 0 atom stereocenters. The largest absolute Gasteiger partial charge is 0.468 e. The minimum atomic E-state index is -0.251. The van der Waals surface area contributed by atoms with Crippen LogP contribution in [-0.2, 0) is 22.5 Å². The van der Waals surface area contributed by atoms with Gasteiger partial charge in [0, 0.05) is 25.4 Å². The van der Waals surface area contributed by atoms with Crippen molar-refractivity contribution < 1.29 is 9.53 Å². The Hall–Kier alpha value is -1.36. The zero-order chi connectivity index (χ0) is 11.3. The molecule has 0 N–H and O–H groups in total. The van der Waals surface area contributed by atoms with Crippen molar-refractivity contribution >= 4 is 5.97 Å². The highest BCUT2D eigenvalue weighted by atomic mass is 16.5. The molecule has 0 radical (unpaired) electrons. The van der Waals surface area contributed by atoms with Gasteiger partial charge in [-0.15, -0.1) is 0 Å². The van der Waals surface area contributed by atoms with Crippen molar-refractivity contribution in [2.45, 2.75) is 13.0 Å². The van der Waals surface area contributed by atoms with Gasteiger partial charge in [-0.05, 0) is 14.1 Å². The summed E-state index contributed by atoms with van der Waals surface area (Å²) in [6.45, 7) is 1.15. The summed E-state index contributed by atoms with van der Waals surface area (Å²) in [5.41, 5.74) is 0. The van der Waals surface area contributed by atoms with E-state index in [1.165, 1.54) is 7.11 Å². The van der Waals surface area contributed by atoms with E-state index >= 15 is 0 Å². The van der Waals surface area contributed by atoms with Crippen molar-refractivity contribution in [3.8, 4) is 0 Å². The standard InChI is InChI=1S/C10H17N3O2/c1-12(2)6-4-9-11-5-7-13(9)8-10(14)15-3/h5,7H,4,6,8H2,1-3H3. The quantitative estimate of drug-likeness (QED) is 0.651. The lowest BCUT2D eigenvalue weighted by atomic mass is 10.4. The molecule has 84 valence electrons. The SMILES string of the molecule is COC(=O)Cn1ccnc1CCN(C)C. The van der Waals surface area contributed by atoms with Crippen LogP contribution in [0.15, 0.2) is 12.4 Å². The smallest absolute Gasteiger partial charge is 0.325 e. The number of hydrogen-bond acceptors (Lipinski definition) is 4. The van der Waals surface area contributed by atoms with Gasteiger partial charge in [0.1, 0.15) is 12.4 Å². The van der Waals surface area contributed by atoms with Crippen molar-refractivity contribution in [2.24, 2.45) is 0 Å². The number of imidazole rings is 1. The molecule has 1 aromatic heterocycles. The van der Waals surface area contributed by atoms with Crippen molar-refractivity contribution in [3.05, 3.63) is 18.2 Å². The van der Waals surface area contributed by atoms with Crippen LogP contribution < -0.4 is 0 Å². The number of likely N-dealkylation sites (N-methyl/N-ethyl adjacent to an activating group) is 1. The molecule has 0 fully saturated rings. The van der Waals surface area contributed by atoms with Crippen LogP contribution >= 0.6 is 0 Å². The average molecular weight is 211 g/mol. The van der Waals surface area contributed by atoms with E-state index in [1.807, 2.05) is 18.7 Å². The van der Waals surface area contributed by atoms with Gasteiger partial charge in [0.05, 0.1) is 7.11 Å². The maximum Gasteiger partial charge on any atom is 0.325 e. The van der Waals surface area contributed by atoms with E-state index in [0.717, 1.165) is 18.8 Å². The van der Waals surface area contributed by atoms with Crippen LogP contribution in [0.25, 0.3) is 0 Å². The molecule has 0 saturated heterocycles. The lowest BCUT2D eigenvalue weighted by Crippen LogP contribution is -2.19. The first kappa shape index (κ1) is 11.7. The summed E-state index contributed by atoms with van der Waals surface area (Å²) in [6.07, 6.45) is 4.33. The Labute approximate surface area is 89.7 Å². The van der Waals surface area contributed by atoms with E-state index in [-0.39, 0.29) is 12.5 Å². The summed E-state index contributed by atoms with van der Waals surface area (Å²) >= 11 is 0. The molecule has 0 aliphatic heterocycles. The lowest BCUT2D eigenvalue weighted by Gasteiger charge is -2.10. The molecule has 1 aromatic rings. The molecule has 0 aliphatic rings. The monoisotopic (exact) mass is 211 g/mol. The molecule has 1 rings (SSSR count). The Morgan fingerprint density at radius 3 is 2.93 bits per heavy atom. The minimum Gasteiger partial charge on any atom is -0.468 e. The minimum absolute atomic E-state index is 0.235. The highest BCUT2D eigenvalue weighted by molar-refractivity contribution is 5.69.